The summed E-state index contributed by atoms with van der Waals surface area (Å²) in [5.41, 5.74) is 4.78. The number of nitrogens with zero attached hydrogens (tertiary/aromatic N) is 5. The minimum Gasteiger partial charge on any atom is -0.496 e. The molecule has 12 heteroatoms. The number of aromatic nitrogens is 4. The third kappa shape index (κ3) is 6.19. The zero-order valence-electron chi connectivity index (χ0n) is 20.2. The Kier molecular flexibility index (Phi) is 8.60. The second-order valence-electron chi connectivity index (χ2n) is 7.38. The zero-order valence-corrected chi connectivity index (χ0v) is 21.8. The van der Waals surface area contributed by atoms with Crippen LogP contribution in [0.1, 0.15) is 5.56 Å². The van der Waals surface area contributed by atoms with Crippen molar-refractivity contribution >= 4 is 35.5 Å². The highest BCUT2D eigenvalue weighted by atomic mass is 35.5. The molecule has 0 saturated carbocycles. The Bertz CT molecular complexity index is 1400. The highest BCUT2D eigenvalue weighted by Gasteiger charge is 2.17. The first kappa shape index (κ1) is 26.0. The first-order valence-corrected chi connectivity index (χ1v) is 12.3. The van der Waals surface area contributed by atoms with E-state index in [4.69, 9.17) is 25.8 Å². The second-order valence-corrected chi connectivity index (χ2v) is 8.76. The Morgan fingerprint density at radius 1 is 1.00 bits per heavy atom. The third-order valence-electron chi connectivity index (χ3n) is 5.12. The van der Waals surface area contributed by atoms with Crippen LogP contribution in [-0.4, -0.2) is 59.0 Å². The largest absolute Gasteiger partial charge is 0.496 e. The number of carbonyl (C=O) groups is 1. The Balaban J connectivity index is 1.49. The summed E-state index contributed by atoms with van der Waals surface area (Å²) >= 11 is 7.30. The van der Waals surface area contributed by atoms with Gasteiger partial charge in [-0.2, -0.15) is 5.10 Å². The Hall–Kier alpha value is -4.09. The van der Waals surface area contributed by atoms with E-state index in [-0.39, 0.29) is 11.7 Å². The number of pyridine rings is 1. The molecule has 2 aromatic heterocycles. The van der Waals surface area contributed by atoms with E-state index >= 15 is 0 Å². The summed E-state index contributed by atoms with van der Waals surface area (Å²) in [6.45, 7) is 0. The first-order chi connectivity index (χ1) is 18.0. The monoisotopic (exact) mass is 538 g/mol. The molecule has 4 aromatic rings. The molecule has 37 heavy (non-hydrogen) atoms. The molecule has 0 unspecified atom stereocenters. The molecule has 0 radical (unpaired) electrons. The fourth-order valence-corrected chi connectivity index (χ4v) is 4.23. The van der Waals surface area contributed by atoms with Gasteiger partial charge in [0.25, 0.3) is 5.91 Å². The van der Waals surface area contributed by atoms with Gasteiger partial charge in [0, 0.05) is 40.3 Å². The number of methoxy groups -OCH3 is 3. The van der Waals surface area contributed by atoms with Crippen LogP contribution in [0.4, 0.5) is 0 Å². The van der Waals surface area contributed by atoms with Gasteiger partial charge in [0.2, 0.25) is 0 Å². The number of carbonyl (C=O) groups excluding carboxylic acids is 1. The van der Waals surface area contributed by atoms with E-state index in [0.29, 0.717) is 38.8 Å². The summed E-state index contributed by atoms with van der Waals surface area (Å²) in [6, 6.07) is 14.4. The number of halogens is 1. The SMILES string of the molecule is COc1cc(OC)c(OC)cc1C=NNC(=O)CSc1nnc(-c2ccncc2)n1-c1ccc(Cl)cc1. The molecule has 1 N–H and O–H groups in total. The van der Waals surface area contributed by atoms with Crippen LogP contribution in [0, 0.1) is 0 Å². The van der Waals surface area contributed by atoms with Crippen LogP contribution in [0.2, 0.25) is 5.02 Å². The lowest BCUT2D eigenvalue weighted by Crippen LogP contribution is -2.20. The molecule has 1 amide bonds. The van der Waals surface area contributed by atoms with E-state index in [2.05, 4.69) is 25.7 Å². The number of ether oxygens (including phenoxy) is 3. The maximum absolute atomic E-state index is 12.5. The number of rotatable bonds is 10. The van der Waals surface area contributed by atoms with Gasteiger partial charge in [-0.25, -0.2) is 5.43 Å². The quantitative estimate of drug-likeness (QED) is 0.181. The van der Waals surface area contributed by atoms with E-state index in [1.807, 2.05) is 28.8 Å². The molecular weight excluding hydrogens is 516 g/mol. The molecule has 0 fully saturated rings. The van der Waals surface area contributed by atoms with Crippen molar-refractivity contribution in [3.63, 3.8) is 0 Å². The minimum atomic E-state index is -0.322. The predicted octanol–water partition coefficient (Wildman–Crippen LogP) is 4.25. The van der Waals surface area contributed by atoms with Gasteiger partial charge in [-0.15, -0.1) is 10.2 Å². The van der Waals surface area contributed by atoms with Crippen LogP contribution >= 0.6 is 23.4 Å². The van der Waals surface area contributed by atoms with Crippen molar-refractivity contribution in [3.05, 3.63) is 71.5 Å². The summed E-state index contributed by atoms with van der Waals surface area (Å²) in [5.74, 6) is 1.90. The van der Waals surface area contributed by atoms with Crippen LogP contribution in [0.25, 0.3) is 17.1 Å². The van der Waals surface area contributed by atoms with Crippen molar-refractivity contribution in [1.82, 2.24) is 25.2 Å². The van der Waals surface area contributed by atoms with Crippen molar-refractivity contribution in [1.29, 1.82) is 0 Å². The Morgan fingerprint density at radius 3 is 2.35 bits per heavy atom. The molecule has 2 heterocycles. The molecule has 0 aliphatic carbocycles. The van der Waals surface area contributed by atoms with Crippen molar-refractivity contribution in [2.24, 2.45) is 5.10 Å². The maximum Gasteiger partial charge on any atom is 0.250 e. The predicted molar refractivity (Wildman–Crippen MR) is 142 cm³/mol. The summed E-state index contributed by atoms with van der Waals surface area (Å²) in [5, 5.41) is 13.9. The number of benzene rings is 2. The molecule has 190 valence electrons. The molecule has 0 bridgehead atoms. The summed E-state index contributed by atoms with van der Waals surface area (Å²) in [6.07, 6.45) is 4.84. The van der Waals surface area contributed by atoms with Crippen LogP contribution in [-0.2, 0) is 4.79 Å². The fraction of sp³-hybridized carbons (Fsp3) is 0.160. The number of amides is 1. The molecule has 2 aromatic carbocycles. The van der Waals surface area contributed by atoms with Crippen LogP contribution in [0.3, 0.4) is 0 Å². The zero-order chi connectivity index (χ0) is 26.2. The average Bonchev–Trinajstić information content (AvgIpc) is 3.36. The van der Waals surface area contributed by atoms with Gasteiger partial charge in [-0.1, -0.05) is 23.4 Å². The van der Waals surface area contributed by atoms with Crippen molar-refractivity contribution in [2.75, 3.05) is 27.1 Å². The fourth-order valence-electron chi connectivity index (χ4n) is 3.36. The van der Waals surface area contributed by atoms with Crippen LogP contribution < -0.4 is 19.6 Å². The molecule has 0 spiro atoms. The highest BCUT2D eigenvalue weighted by Crippen LogP contribution is 2.34. The summed E-state index contributed by atoms with van der Waals surface area (Å²) in [7, 11) is 4.61. The number of hydrazone groups is 1. The van der Waals surface area contributed by atoms with Gasteiger partial charge in [0.05, 0.1) is 33.3 Å². The normalized spacial score (nSPS) is 10.9. The smallest absolute Gasteiger partial charge is 0.250 e. The molecule has 0 aliphatic heterocycles. The summed E-state index contributed by atoms with van der Waals surface area (Å²) < 4.78 is 17.8. The van der Waals surface area contributed by atoms with Gasteiger partial charge < -0.3 is 14.2 Å². The lowest BCUT2D eigenvalue weighted by atomic mass is 10.2. The maximum atomic E-state index is 12.5. The third-order valence-corrected chi connectivity index (χ3v) is 6.30. The van der Waals surface area contributed by atoms with E-state index in [9.17, 15) is 4.79 Å². The Labute approximate surface area is 222 Å². The van der Waals surface area contributed by atoms with Gasteiger partial charge in [-0.3, -0.25) is 14.3 Å². The van der Waals surface area contributed by atoms with E-state index in [0.717, 1.165) is 11.3 Å². The summed E-state index contributed by atoms with van der Waals surface area (Å²) in [4.78, 5) is 16.6. The van der Waals surface area contributed by atoms with Crippen molar-refractivity contribution < 1.29 is 19.0 Å². The molecule has 0 atom stereocenters. The van der Waals surface area contributed by atoms with Gasteiger partial charge in [0.15, 0.2) is 22.5 Å². The van der Waals surface area contributed by atoms with E-state index in [1.165, 1.54) is 39.3 Å². The van der Waals surface area contributed by atoms with E-state index < -0.39 is 0 Å². The van der Waals surface area contributed by atoms with Crippen LogP contribution in [0.5, 0.6) is 17.2 Å². The number of thioether (sulfide) groups is 1. The van der Waals surface area contributed by atoms with Crippen LogP contribution in [0.15, 0.2) is 71.2 Å². The van der Waals surface area contributed by atoms with E-state index in [1.54, 1.807) is 36.7 Å². The molecule has 0 aliphatic rings. The lowest BCUT2D eigenvalue weighted by Gasteiger charge is -2.11. The lowest BCUT2D eigenvalue weighted by molar-refractivity contribution is -0.118. The topological polar surface area (TPSA) is 113 Å². The minimum absolute atomic E-state index is 0.0580. The van der Waals surface area contributed by atoms with Gasteiger partial charge in [-0.05, 0) is 42.5 Å². The number of hydrogen-bond donors (Lipinski definition) is 1. The average molecular weight is 539 g/mol. The first-order valence-electron chi connectivity index (χ1n) is 10.9. The van der Waals surface area contributed by atoms with Crippen molar-refractivity contribution in [3.8, 4) is 34.3 Å². The molecule has 10 nitrogen and oxygen atoms in total. The second kappa shape index (κ2) is 12.2. The Morgan fingerprint density at radius 2 is 1.68 bits per heavy atom. The van der Waals surface area contributed by atoms with Crippen molar-refractivity contribution in [2.45, 2.75) is 5.16 Å². The highest BCUT2D eigenvalue weighted by molar-refractivity contribution is 7.99. The number of nitrogens with one attached hydrogen (secondary N) is 1. The number of hydrogen-bond acceptors (Lipinski definition) is 9. The molecule has 4 rings (SSSR count). The standard InChI is InChI=1S/C25H23ClN6O4S/c1-34-20-13-22(36-3)21(35-2)12-17(20)14-28-29-23(33)15-37-25-31-30-24(16-8-10-27-11-9-16)32(25)19-6-4-18(26)5-7-19/h4-14H,15H2,1-3H3,(H,29,33). The molecule has 0 saturated heterocycles. The van der Waals surface area contributed by atoms with Gasteiger partial charge in [0.1, 0.15) is 5.75 Å². The van der Waals surface area contributed by atoms with Gasteiger partial charge >= 0.3 is 0 Å². The molecular formula is C25H23ClN6O4S.